The van der Waals surface area contributed by atoms with Crippen molar-refractivity contribution in [1.29, 1.82) is 0 Å². The molecule has 2 saturated heterocycles. The van der Waals surface area contributed by atoms with Gasteiger partial charge in [-0.2, -0.15) is 0 Å². The second-order valence-electron chi connectivity index (χ2n) is 4.08. The molecule has 2 rings (SSSR count). The molecule has 2 aliphatic rings. The molecule has 2 heterocycles. The third-order valence-electron chi connectivity index (χ3n) is 2.79. The maximum Gasteiger partial charge on any atom is 0.237 e. The highest BCUT2D eigenvalue weighted by molar-refractivity contribution is 5.82. The summed E-state index contributed by atoms with van der Waals surface area (Å²) in [7, 11) is 2.07. The summed E-state index contributed by atoms with van der Waals surface area (Å²) in [5.74, 6) is 0.190. The molecular weight excluding hydrogens is 166 g/mol. The normalized spacial score (nSPS) is 30.1. The fraction of sp³-hybridized carbons (Fsp3) is 0.889. The maximum absolute atomic E-state index is 11.6. The minimum absolute atomic E-state index is 0.0749. The van der Waals surface area contributed by atoms with E-state index in [9.17, 15) is 4.79 Å². The molecule has 13 heavy (non-hydrogen) atoms. The Kier molecular flexibility index (Phi) is 2.51. The highest BCUT2D eigenvalue weighted by Gasteiger charge is 2.28. The van der Waals surface area contributed by atoms with Crippen LogP contribution in [0, 0.1) is 0 Å². The fourth-order valence-electron chi connectivity index (χ4n) is 2.00. The molecule has 0 aromatic heterocycles. The van der Waals surface area contributed by atoms with Gasteiger partial charge in [0.15, 0.2) is 0 Å². The second kappa shape index (κ2) is 3.64. The first-order valence-corrected chi connectivity index (χ1v) is 4.98. The first-order valence-electron chi connectivity index (χ1n) is 4.98. The summed E-state index contributed by atoms with van der Waals surface area (Å²) in [5, 5.41) is 6.24. The Bertz CT molecular complexity index is 195. The molecular formula is C9H17N3O. The molecule has 4 heteroatoms. The van der Waals surface area contributed by atoms with Crippen molar-refractivity contribution in [2.75, 3.05) is 26.7 Å². The van der Waals surface area contributed by atoms with Crippen LogP contribution in [0.4, 0.5) is 0 Å². The number of rotatable bonds is 2. The standard InChI is InChI=1S/C9H17N3O/c1-12-5-7(6-12)11-9(13)8-3-2-4-10-8/h7-8,10H,2-6H2,1H3,(H,11,13)/t8-/m0/s1. The zero-order valence-electron chi connectivity index (χ0n) is 8.05. The number of hydrogen-bond acceptors (Lipinski definition) is 3. The molecule has 0 spiro atoms. The quantitative estimate of drug-likeness (QED) is 0.587. The Hall–Kier alpha value is -0.610. The van der Waals surface area contributed by atoms with Crippen molar-refractivity contribution in [3.63, 3.8) is 0 Å². The van der Waals surface area contributed by atoms with Crippen LogP contribution in [-0.4, -0.2) is 49.6 Å². The van der Waals surface area contributed by atoms with Crippen LogP contribution in [0.3, 0.4) is 0 Å². The van der Waals surface area contributed by atoms with Gasteiger partial charge in [0.1, 0.15) is 0 Å². The molecule has 2 aliphatic heterocycles. The Morgan fingerprint density at radius 1 is 1.54 bits per heavy atom. The molecule has 4 nitrogen and oxygen atoms in total. The fourth-order valence-corrected chi connectivity index (χ4v) is 2.00. The SMILES string of the molecule is CN1CC(NC(=O)[C@@H]2CCCN2)C1. The molecule has 0 aliphatic carbocycles. The summed E-state index contributed by atoms with van der Waals surface area (Å²) in [4.78, 5) is 13.8. The van der Waals surface area contributed by atoms with Crippen molar-refractivity contribution in [1.82, 2.24) is 15.5 Å². The van der Waals surface area contributed by atoms with Crippen molar-refractivity contribution in [3.8, 4) is 0 Å². The van der Waals surface area contributed by atoms with E-state index in [1.807, 2.05) is 0 Å². The highest BCUT2D eigenvalue weighted by atomic mass is 16.2. The third kappa shape index (κ3) is 2.00. The summed E-state index contributed by atoms with van der Waals surface area (Å²) in [6, 6.07) is 0.464. The lowest BCUT2D eigenvalue weighted by molar-refractivity contribution is -0.124. The molecule has 0 aromatic carbocycles. The van der Waals surface area contributed by atoms with E-state index in [0.717, 1.165) is 32.5 Å². The summed E-state index contributed by atoms with van der Waals surface area (Å²) < 4.78 is 0. The number of amides is 1. The molecule has 74 valence electrons. The molecule has 0 bridgehead atoms. The first kappa shape index (κ1) is 8.97. The van der Waals surface area contributed by atoms with Crippen molar-refractivity contribution in [3.05, 3.63) is 0 Å². The van der Waals surface area contributed by atoms with Crippen molar-refractivity contribution in [2.45, 2.75) is 24.9 Å². The predicted octanol–water partition coefficient (Wildman–Crippen LogP) is -0.831. The van der Waals surface area contributed by atoms with Crippen molar-refractivity contribution >= 4 is 5.91 Å². The second-order valence-corrected chi connectivity index (χ2v) is 4.08. The molecule has 1 atom stereocenters. The van der Waals surface area contributed by atoms with Crippen LogP contribution >= 0.6 is 0 Å². The maximum atomic E-state index is 11.6. The van der Waals surface area contributed by atoms with Crippen LogP contribution < -0.4 is 10.6 Å². The Morgan fingerprint density at radius 2 is 2.31 bits per heavy atom. The van der Waals surface area contributed by atoms with Crippen LogP contribution in [0.15, 0.2) is 0 Å². The zero-order valence-corrected chi connectivity index (χ0v) is 8.05. The minimum atomic E-state index is 0.0749. The monoisotopic (exact) mass is 183 g/mol. The summed E-state index contributed by atoms with van der Waals surface area (Å²) >= 11 is 0. The van der Waals surface area contributed by atoms with E-state index in [1.165, 1.54) is 0 Å². The number of carbonyl (C=O) groups excluding carboxylic acids is 1. The molecule has 2 fully saturated rings. The topological polar surface area (TPSA) is 44.4 Å². The van der Waals surface area contributed by atoms with E-state index in [2.05, 4.69) is 22.6 Å². The van der Waals surface area contributed by atoms with Gasteiger partial charge in [-0.05, 0) is 26.4 Å². The number of carbonyl (C=O) groups is 1. The lowest BCUT2D eigenvalue weighted by atomic mass is 10.1. The van der Waals surface area contributed by atoms with Gasteiger partial charge in [0.25, 0.3) is 0 Å². The van der Waals surface area contributed by atoms with Gasteiger partial charge in [-0.25, -0.2) is 0 Å². The van der Waals surface area contributed by atoms with Gasteiger partial charge in [0.05, 0.1) is 12.1 Å². The van der Waals surface area contributed by atoms with Crippen LogP contribution in [0.1, 0.15) is 12.8 Å². The van der Waals surface area contributed by atoms with Gasteiger partial charge in [0, 0.05) is 13.1 Å². The summed E-state index contributed by atoms with van der Waals surface area (Å²) in [5.41, 5.74) is 0. The highest BCUT2D eigenvalue weighted by Crippen LogP contribution is 2.08. The van der Waals surface area contributed by atoms with Crippen LogP contribution in [0.25, 0.3) is 0 Å². The minimum Gasteiger partial charge on any atom is -0.349 e. The number of nitrogens with zero attached hydrogens (tertiary/aromatic N) is 1. The predicted molar refractivity (Wildman–Crippen MR) is 50.5 cm³/mol. The van der Waals surface area contributed by atoms with E-state index >= 15 is 0 Å². The number of likely N-dealkylation sites (N-methyl/N-ethyl adjacent to an activating group) is 1. The summed E-state index contributed by atoms with van der Waals surface area (Å²) in [6.07, 6.45) is 2.12. The Labute approximate surface area is 78.7 Å². The number of hydrogen-bond donors (Lipinski definition) is 2. The number of nitrogens with one attached hydrogen (secondary N) is 2. The smallest absolute Gasteiger partial charge is 0.237 e. The summed E-state index contributed by atoms with van der Waals surface area (Å²) in [6.45, 7) is 2.99. The molecule has 2 N–H and O–H groups in total. The molecule has 1 amide bonds. The average molecular weight is 183 g/mol. The van der Waals surface area contributed by atoms with Crippen LogP contribution in [0.5, 0.6) is 0 Å². The van der Waals surface area contributed by atoms with E-state index in [4.69, 9.17) is 0 Å². The van der Waals surface area contributed by atoms with E-state index in [1.54, 1.807) is 0 Å². The lowest BCUT2D eigenvalue weighted by Gasteiger charge is -2.37. The first-order chi connectivity index (χ1) is 6.25. The lowest BCUT2D eigenvalue weighted by Crippen LogP contribution is -2.59. The molecule has 0 aromatic rings. The van der Waals surface area contributed by atoms with Gasteiger partial charge in [-0.1, -0.05) is 0 Å². The van der Waals surface area contributed by atoms with Crippen LogP contribution in [-0.2, 0) is 4.79 Å². The zero-order chi connectivity index (χ0) is 9.26. The Balaban J connectivity index is 1.72. The average Bonchev–Trinajstić information content (AvgIpc) is 2.53. The molecule has 0 radical (unpaired) electrons. The largest absolute Gasteiger partial charge is 0.349 e. The van der Waals surface area contributed by atoms with Gasteiger partial charge in [0.2, 0.25) is 5.91 Å². The van der Waals surface area contributed by atoms with Gasteiger partial charge < -0.3 is 15.5 Å². The van der Waals surface area contributed by atoms with E-state index < -0.39 is 0 Å². The molecule has 0 saturated carbocycles. The number of likely N-dealkylation sites (tertiary alicyclic amines) is 1. The van der Waals surface area contributed by atoms with Gasteiger partial charge in [-0.15, -0.1) is 0 Å². The van der Waals surface area contributed by atoms with Crippen molar-refractivity contribution in [2.24, 2.45) is 0 Å². The van der Waals surface area contributed by atoms with Crippen molar-refractivity contribution < 1.29 is 4.79 Å². The Morgan fingerprint density at radius 3 is 2.85 bits per heavy atom. The van der Waals surface area contributed by atoms with Crippen LogP contribution in [0.2, 0.25) is 0 Å². The molecule has 0 unspecified atom stereocenters. The third-order valence-corrected chi connectivity index (χ3v) is 2.79. The van der Waals surface area contributed by atoms with Gasteiger partial charge >= 0.3 is 0 Å². The van der Waals surface area contributed by atoms with Gasteiger partial charge in [-0.3, -0.25) is 4.79 Å². The van der Waals surface area contributed by atoms with E-state index in [-0.39, 0.29) is 11.9 Å². The van der Waals surface area contributed by atoms with E-state index in [0.29, 0.717) is 6.04 Å².